The monoisotopic (exact) mass is 462 g/mol. The van der Waals surface area contributed by atoms with Crippen LogP contribution in [-0.2, 0) is 4.79 Å². The molecule has 2 aliphatic heterocycles. The summed E-state index contributed by atoms with van der Waals surface area (Å²) in [4.78, 5) is 21.8. The highest BCUT2D eigenvalue weighted by molar-refractivity contribution is 7.18. The molecular formula is C24H22N4O2S2. The molecule has 2 atom stereocenters. The second kappa shape index (κ2) is 8.27. The van der Waals surface area contributed by atoms with Gasteiger partial charge in [0.2, 0.25) is 0 Å². The van der Waals surface area contributed by atoms with Gasteiger partial charge >= 0.3 is 0 Å². The van der Waals surface area contributed by atoms with Crippen LogP contribution in [0.2, 0.25) is 0 Å². The molecule has 6 nitrogen and oxygen atoms in total. The molecule has 3 aromatic heterocycles. The van der Waals surface area contributed by atoms with E-state index in [0.717, 1.165) is 46.3 Å². The van der Waals surface area contributed by atoms with E-state index in [4.69, 9.17) is 14.5 Å². The van der Waals surface area contributed by atoms with E-state index in [0.29, 0.717) is 13.0 Å². The van der Waals surface area contributed by atoms with Crippen molar-refractivity contribution in [1.82, 2.24) is 14.9 Å². The van der Waals surface area contributed by atoms with Gasteiger partial charge in [0.25, 0.3) is 5.91 Å². The summed E-state index contributed by atoms with van der Waals surface area (Å²) in [6.45, 7) is 1.25. The second-order valence-corrected chi connectivity index (χ2v) is 10.2. The van der Waals surface area contributed by atoms with E-state index < -0.39 is 0 Å². The molecular weight excluding hydrogens is 440 g/mol. The van der Waals surface area contributed by atoms with Crippen LogP contribution in [0.3, 0.4) is 0 Å². The number of benzene rings is 1. The fourth-order valence-corrected chi connectivity index (χ4v) is 6.56. The van der Waals surface area contributed by atoms with E-state index in [1.165, 1.54) is 4.70 Å². The number of nitrogens with zero attached hydrogens (tertiary/aromatic N) is 4. The van der Waals surface area contributed by atoms with Crippen LogP contribution in [0.1, 0.15) is 47.0 Å². The SMILES string of the molecule is O=C(CN1CCC[C@@H]1c1nc2ccccc2s1)N1N=C(c2ccco2)C[C@H]1c1cccs1. The van der Waals surface area contributed by atoms with Crippen molar-refractivity contribution < 1.29 is 9.21 Å². The summed E-state index contributed by atoms with van der Waals surface area (Å²) in [5.74, 6) is 0.758. The zero-order valence-corrected chi connectivity index (χ0v) is 19.0. The number of hydrogen-bond acceptors (Lipinski definition) is 7. The first-order chi connectivity index (χ1) is 15.8. The standard InChI is InChI=1S/C24H22N4O2S2/c29-23(15-27-11-3-7-18(27)24-25-16-6-1-2-9-21(16)32-24)28-19(22-10-5-13-31-22)14-17(26-28)20-8-4-12-30-20/h1-2,4-6,8-10,12-13,18-19H,3,7,11,14-15H2/t18-,19+/m1/s1. The summed E-state index contributed by atoms with van der Waals surface area (Å²) in [6, 6.07) is 16.2. The van der Waals surface area contributed by atoms with E-state index in [1.54, 1.807) is 33.9 Å². The molecule has 1 saturated heterocycles. The van der Waals surface area contributed by atoms with Crippen molar-refractivity contribution in [3.8, 4) is 0 Å². The summed E-state index contributed by atoms with van der Waals surface area (Å²) in [7, 11) is 0. The number of aromatic nitrogens is 1. The Bertz CT molecular complexity index is 1230. The van der Waals surface area contributed by atoms with E-state index in [-0.39, 0.29) is 18.0 Å². The summed E-state index contributed by atoms with van der Waals surface area (Å²) in [6.07, 6.45) is 4.42. The lowest BCUT2D eigenvalue weighted by molar-refractivity contribution is -0.134. The van der Waals surface area contributed by atoms with Gasteiger partial charge in [-0.3, -0.25) is 9.69 Å². The van der Waals surface area contributed by atoms with Gasteiger partial charge in [0.05, 0.1) is 35.1 Å². The van der Waals surface area contributed by atoms with Gasteiger partial charge in [-0.25, -0.2) is 9.99 Å². The van der Waals surface area contributed by atoms with Gasteiger partial charge < -0.3 is 4.42 Å². The van der Waals surface area contributed by atoms with Crippen LogP contribution in [0.25, 0.3) is 10.2 Å². The molecule has 1 aromatic carbocycles. The number of carbonyl (C=O) groups is 1. The number of carbonyl (C=O) groups excluding carboxylic acids is 1. The van der Waals surface area contributed by atoms with Gasteiger partial charge in [0, 0.05) is 11.3 Å². The van der Waals surface area contributed by atoms with Gasteiger partial charge in [0.15, 0.2) is 0 Å². The van der Waals surface area contributed by atoms with E-state index in [9.17, 15) is 4.79 Å². The van der Waals surface area contributed by atoms with Gasteiger partial charge in [0.1, 0.15) is 16.5 Å². The average molecular weight is 463 g/mol. The Hall–Kier alpha value is -2.81. The van der Waals surface area contributed by atoms with Crippen molar-refractivity contribution in [3.63, 3.8) is 0 Å². The molecule has 0 aliphatic carbocycles. The third-order valence-corrected chi connectivity index (χ3v) is 8.25. The molecule has 6 rings (SSSR count). The van der Waals surface area contributed by atoms with Crippen LogP contribution in [-0.4, -0.2) is 39.6 Å². The molecule has 0 spiro atoms. The van der Waals surface area contributed by atoms with Gasteiger partial charge in [-0.15, -0.1) is 22.7 Å². The Morgan fingerprint density at radius 3 is 2.88 bits per heavy atom. The first kappa shape index (κ1) is 19.8. The Labute approximate surface area is 193 Å². The fraction of sp³-hybridized carbons (Fsp3) is 0.292. The molecule has 0 radical (unpaired) electrons. The number of hydrogen-bond donors (Lipinski definition) is 0. The minimum atomic E-state index is -0.0777. The van der Waals surface area contributed by atoms with Crippen LogP contribution >= 0.6 is 22.7 Å². The van der Waals surface area contributed by atoms with Crippen molar-refractivity contribution in [3.05, 3.63) is 75.8 Å². The Morgan fingerprint density at radius 1 is 1.12 bits per heavy atom. The molecule has 162 valence electrons. The Kier molecular flexibility index (Phi) is 5.13. The maximum atomic E-state index is 13.5. The maximum absolute atomic E-state index is 13.5. The molecule has 2 aliphatic rings. The number of furan rings is 1. The highest BCUT2D eigenvalue weighted by Gasteiger charge is 2.37. The van der Waals surface area contributed by atoms with Crippen LogP contribution in [0, 0.1) is 0 Å². The topological polar surface area (TPSA) is 61.9 Å². The molecule has 1 fully saturated rings. The lowest BCUT2D eigenvalue weighted by Crippen LogP contribution is -2.37. The molecule has 5 heterocycles. The first-order valence-corrected chi connectivity index (χ1v) is 12.5. The molecule has 8 heteroatoms. The van der Waals surface area contributed by atoms with Crippen molar-refractivity contribution in [1.29, 1.82) is 0 Å². The number of hydrazone groups is 1. The van der Waals surface area contributed by atoms with Gasteiger partial charge in [-0.2, -0.15) is 5.10 Å². The second-order valence-electron chi connectivity index (χ2n) is 8.15. The third kappa shape index (κ3) is 3.58. The van der Waals surface area contributed by atoms with Crippen LogP contribution in [0.4, 0.5) is 0 Å². The first-order valence-electron chi connectivity index (χ1n) is 10.8. The maximum Gasteiger partial charge on any atom is 0.257 e. The molecule has 0 bridgehead atoms. The van der Waals surface area contributed by atoms with Crippen LogP contribution in [0.15, 0.2) is 69.7 Å². The minimum Gasteiger partial charge on any atom is -0.463 e. The Balaban J connectivity index is 1.25. The lowest BCUT2D eigenvalue weighted by Gasteiger charge is -2.26. The largest absolute Gasteiger partial charge is 0.463 e. The van der Waals surface area contributed by atoms with Crippen molar-refractivity contribution in [2.45, 2.75) is 31.3 Å². The smallest absolute Gasteiger partial charge is 0.257 e. The van der Waals surface area contributed by atoms with Crippen molar-refractivity contribution >= 4 is 44.5 Å². The van der Waals surface area contributed by atoms with Gasteiger partial charge in [-0.05, 0) is 55.1 Å². The predicted molar refractivity (Wildman–Crippen MR) is 127 cm³/mol. The van der Waals surface area contributed by atoms with Crippen LogP contribution in [0.5, 0.6) is 0 Å². The average Bonchev–Trinajstić information content (AvgIpc) is 3.61. The van der Waals surface area contributed by atoms with E-state index in [1.807, 2.05) is 35.7 Å². The number of thiophene rings is 1. The highest BCUT2D eigenvalue weighted by Crippen LogP contribution is 2.38. The van der Waals surface area contributed by atoms with E-state index in [2.05, 4.69) is 23.1 Å². The quantitative estimate of drug-likeness (QED) is 0.395. The van der Waals surface area contributed by atoms with Crippen molar-refractivity contribution in [2.24, 2.45) is 5.10 Å². The molecule has 0 saturated carbocycles. The zero-order chi connectivity index (χ0) is 21.5. The van der Waals surface area contributed by atoms with Crippen LogP contribution < -0.4 is 0 Å². The number of amides is 1. The highest BCUT2D eigenvalue weighted by atomic mass is 32.1. The van der Waals surface area contributed by atoms with Crippen molar-refractivity contribution in [2.75, 3.05) is 13.1 Å². The summed E-state index contributed by atoms with van der Waals surface area (Å²) < 4.78 is 6.77. The molecule has 32 heavy (non-hydrogen) atoms. The van der Waals surface area contributed by atoms with Gasteiger partial charge in [-0.1, -0.05) is 18.2 Å². The Morgan fingerprint density at radius 2 is 2.06 bits per heavy atom. The summed E-state index contributed by atoms with van der Waals surface area (Å²) >= 11 is 3.40. The third-order valence-electron chi connectivity index (χ3n) is 6.14. The molecule has 0 N–H and O–H groups in total. The minimum absolute atomic E-state index is 0.0259. The lowest BCUT2D eigenvalue weighted by atomic mass is 10.1. The summed E-state index contributed by atoms with van der Waals surface area (Å²) in [5, 5.41) is 9.55. The predicted octanol–water partition coefficient (Wildman–Crippen LogP) is 5.47. The number of fused-ring (bicyclic) bond motifs is 1. The number of thiazole rings is 1. The molecule has 1 amide bonds. The molecule has 0 unspecified atom stereocenters. The fourth-order valence-electron chi connectivity index (χ4n) is 4.61. The molecule has 4 aromatic rings. The number of para-hydroxylation sites is 1. The number of rotatable bonds is 5. The number of likely N-dealkylation sites (tertiary alicyclic amines) is 1. The van der Waals surface area contributed by atoms with E-state index >= 15 is 0 Å². The normalized spacial score (nSPS) is 21.5. The summed E-state index contributed by atoms with van der Waals surface area (Å²) in [5.41, 5.74) is 1.86. The zero-order valence-electron chi connectivity index (χ0n) is 17.4.